The van der Waals surface area contributed by atoms with E-state index in [1.54, 1.807) is 6.07 Å². The summed E-state index contributed by atoms with van der Waals surface area (Å²) in [5.74, 6) is -0.352. The van der Waals surface area contributed by atoms with Gasteiger partial charge in [-0.05, 0) is 26.0 Å². The second-order valence-corrected chi connectivity index (χ2v) is 4.77. The lowest BCUT2D eigenvalue weighted by Crippen LogP contribution is -2.14. The number of H-pyrrole nitrogens is 1. The Kier molecular flexibility index (Phi) is 4.24. The first kappa shape index (κ1) is 14.3. The van der Waals surface area contributed by atoms with Crippen molar-refractivity contribution in [3.63, 3.8) is 0 Å². The third-order valence-corrected chi connectivity index (χ3v) is 3.43. The minimum absolute atomic E-state index is 0.352. The summed E-state index contributed by atoms with van der Waals surface area (Å²) in [6, 6.07) is 3.60. The van der Waals surface area contributed by atoms with E-state index in [4.69, 9.17) is 0 Å². The van der Waals surface area contributed by atoms with Crippen molar-refractivity contribution in [2.75, 3.05) is 7.11 Å². The maximum atomic E-state index is 11.3. The van der Waals surface area contributed by atoms with Gasteiger partial charge in [0.1, 0.15) is 5.69 Å². The molecule has 2 aromatic heterocycles. The van der Waals surface area contributed by atoms with Gasteiger partial charge < -0.3 is 15.0 Å². The van der Waals surface area contributed by atoms with Crippen LogP contribution in [0.15, 0.2) is 12.1 Å². The molecule has 0 saturated heterocycles. The third-order valence-electron chi connectivity index (χ3n) is 3.43. The number of carbonyl (C=O) groups is 1. The lowest BCUT2D eigenvalue weighted by atomic mass is 10.2. The minimum Gasteiger partial charge on any atom is -0.464 e. The summed E-state index contributed by atoms with van der Waals surface area (Å²) in [5, 5.41) is 7.73. The molecule has 0 bridgehead atoms. The Balaban J connectivity index is 1.93. The molecule has 6 nitrogen and oxygen atoms in total. The number of aromatic nitrogens is 3. The smallest absolute Gasteiger partial charge is 0.354 e. The van der Waals surface area contributed by atoms with Crippen LogP contribution in [0.5, 0.6) is 0 Å². The van der Waals surface area contributed by atoms with Crippen LogP contribution in [0.1, 0.15) is 33.1 Å². The number of nitrogens with zero attached hydrogens (tertiary/aromatic N) is 2. The molecule has 2 heterocycles. The molecule has 0 aliphatic heterocycles. The number of hydrogen-bond acceptors (Lipinski definition) is 4. The zero-order valence-corrected chi connectivity index (χ0v) is 12.3. The van der Waals surface area contributed by atoms with Crippen molar-refractivity contribution in [3.8, 4) is 0 Å². The summed E-state index contributed by atoms with van der Waals surface area (Å²) in [4.78, 5) is 14.4. The molecule has 0 atom stereocenters. The maximum absolute atomic E-state index is 11.3. The Morgan fingerprint density at radius 1 is 1.40 bits per heavy atom. The number of carbonyl (C=O) groups excluding carboxylic acids is 1. The lowest BCUT2D eigenvalue weighted by molar-refractivity contribution is 0.0594. The Morgan fingerprint density at radius 2 is 2.15 bits per heavy atom. The van der Waals surface area contributed by atoms with Crippen LogP contribution in [-0.4, -0.2) is 27.8 Å². The van der Waals surface area contributed by atoms with Crippen molar-refractivity contribution in [1.29, 1.82) is 0 Å². The summed E-state index contributed by atoms with van der Waals surface area (Å²) in [6.45, 7) is 5.47. The molecule has 0 radical (unpaired) electrons. The topological polar surface area (TPSA) is 71.9 Å². The van der Waals surface area contributed by atoms with E-state index in [1.165, 1.54) is 12.7 Å². The lowest BCUT2D eigenvalue weighted by Gasteiger charge is -2.04. The molecule has 0 saturated carbocycles. The molecule has 0 aromatic carbocycles. The fourth-order valence-electron chi connectivity index (χ4n) is 2.17. The van der Waals surface area contributed by atoms with Gasteiger partial charge in [0.05, 0.1) is 12.8 Å². The molecule has 2 aromatic rings. The predicted octanol–water partition coefficient (Wildman–Crippen LogP) is 1.44. The Labute approximate surface area is 118 Å². The van der Waals surface area contributed by atoms with Gasteiger partial charge in [-0.25, -0.2) is 4.79 Å². The molecular formula is C14H20N4O2. The molecule has 0 aliphatic rings. The van der Waals surface area contributed by atoms with E-state index in [1.807, 2.05) is 24.7 Å². The number of hydrogen-bond donors (Lipinski definition) is 2. The molecule has 0 aliphatic carbocycles. The van der Waals surface area contributed by atoms with Gasteiger partial charge >= 0.3 is 5.97 Å². The van der Waals surface area contributed by atoms with Crippen LogP contribution in [0.25, 0.3) is 0 Å². The number of aryl methyl sites for hydroxylation is 2. The quantitative estimate of drug-likeness (QED) is 0.811. The highest BCUT2D eigenvalue weighted by molar-refractivity contribution is 5.87. The molecule has 0 unspecified atom stereocenters. The molecule has 2 N–H and O–H groups in total. The van der Waals surface area contributed by atoms with Crippen LogP contribution >= 0.6 is 0 Å². The van der Waals surface area contributed by atoms with Crippen molar-refractivity contribution in [3.05, 3.63) is 40.5 Å². The van der Waals surface area contributed by atoms with E-state index in [9.17, 15) is 4.79 Å². The van der Waals surface area contributed by atoms with Gasteiger partial charge in [-0.2, -0.15) is 5.10 Å². The monoisotopic (exact) mass is 276 g/mol. The zero-order chi connectivity index (χ0) is 14.7. The summed E-state index contributed by atoms with van der Waals surface area (Å²) >= 11 is 0. The third kappa shape index (κ3) is 2.91. The highest BCUT2D eigenvalue weighted by Crippen LogP contribution is 2.11. The second kappa shape index (κ2) is 5.92. The Morgan fingerprint density at radius 3 is 2.75 bits per heavy atom. The number of aromatic amines is 1. The van der Waals surface area contributed by atoms with Crippen molar-refractivity contribution in [1.82, 2.24) is 20.1 Å². The van der Waals surface area contributed by atoms with E-state index in [2.05, 4.69) is 27.1 Å². The maximum Gasteiger partial charge on any atom is 0.354 e. The van der Waals surface area contributed by atoms with Gasteiger partial charge in [0.2, 0.25) is 0 Å². The second-order valence-electron chi connectivity index (χ2n) is 4.77. The van der Waals surface area contributed by atoms with Crippen LogP contribution in [0.4, 0.5) is 0 Å². The molecule has 0 fully saturated rings. The Bertz CT molecular complexity index is 613. The molecular weight excluding hydrogens is 256 g/mol. The largest absolute Gasteiger partial charge is 0.464 e. The van der Waals surface area contributed by atoms with Crippen LogP contribution in [-0.2, 0) is 24.9 Å². The number of methoxy groups -OCH3 is 1. The van der Waals surface area contributed by atoms with Crippen LogP contribution in [0.3, 0.4) is 0 Å². The molecule has 0 spiro atoms. The molecule has 2 rings (SSSR count). The number of rotatable bonds is 5. The highest BCUT2D eigenvalue weighted by Gasteiger charge is 2.10. The first-order chi connectivity index (χ1) is 9.52. The number of esters is 1. The summed E-state index contributed by atoms with van der Waals surface area (Å²) < 4.78 is 6.54. The van der Waals surface area contributed by atoms with Gasteiger partial charge in [0.25, 0.3) is 0 Å². The fourth-order valence-corrected chi connectivity index (χ4v) is 2.17. The van der Waals surface area contributed by atoms with Crippen molar-refractivity contribution in [2.24, 2.45) is 7.05 Å². The number of ether oxygens (including phenoxy) is 1. The summed E-state index contributed by atoms with van der Waals surface area (Å²) in [5.41, 5.74) is 4.84. The average molecular weight is 276 g/mol. The minimum atomic E-state index is -0.352. The van der Waals surface area contributed by atoms with E-state index < -0.39 is 0 Å². The van der Waals surface area contributed by atoms with Gasteiger partial charge in [0.15, 0.2) is 0 Å². The first-order valence-corrected chi connectivity index (χ1v) is 6.49. The fraction of sp³-hybridized carbons (Fsp3) is 0.429. The number of nitrogens with one attached hydrogen (secondary N) is 2. The normalized spacial score (nSPS) is 10.8. The van der Waals surface area contributed by atoms with Crippen LogP contribution < -0.4 is 5.32 Å². The Hall–Kier alpha value is -2.08. The summed E-state index contributed by atoms with van der Waals surface area (Å²) in [6.07, 6.45) is 0. The molecule has 108 valence electrons. The van der Waals surface area contributed by atoms with E-state index in [-0.39, 0.29) is 5.97 Å². The molecule has 20 heavy (non-hydrogen) atoms. The van der Waals surface area contributed by atoms with Crippen LogP contribution in [0, 0.1) is 13.8 Å². The standard InChI is InChI=1S/C14H20N4O2/c1-9-12(10(2)18(3)17-9)8-15-7-11-5-6-13(16-11)14(19)20-4/h5-6,15-16H,7-8H2,1-4H3. The van der Waals surface area contributed by atoms with Crippen molar-refractivity contribution >= 4 is 5.97 Å². The van der Waals surface area contributed by atoms with E-state index in [0.717, 1.165) is 23.6 Å². The zero-order valence-electron chi connectivity index (χ0n) is 12.3. The van der Waals surface area contributed by atoms with Crippen molar-refractivity contribution in [2.45, 2.75) is 26.9 Å². The predicted molar refractivity (Wildman–Crippen MR) is 75.4 cm³/mol. The SMILES string of the molecule is COC(=O)c1ccc(CNCc2c(C)nn(C)c2C)[nH]1. The summed E-state index contributed by atoms with van der Waals surface area (Å²) in [7, 11) is 3.31. The highest BCUT2D eigenvalue weighted by atomic mass is 16.5. The van der Waals surface area contributed by atoms with Crippen LogP contribution in [0.2, 0.25) is 0 Å². The van der Waals surface area contributed by atoms with Gasteiger partial charge in [-0.1, -0.05) is 0 Å². The van der Waals surface area contributed by atoms with E-state index in [0.29, 0.717) is 12.2 Å². The van der Waals surface area contributed by atoms with Crippen molar-refractivity contribution < 1.29 is 9.53 Å². The average Bonchev–Trinajstić information content (AvgIpc) is 2.98. The molecule has 6 heteroatoms. The van der Waals surface area contributed by atoms with Gasteiger partial charge in [-0.15, -0.1) is 0 Å². The van der Waals surface area contributed by atoms with E-state index >= 15 is 0 Å². The van der Waals surface area contributed by atoms with Gasteiger partial charge in [0, 0.05) is 37.1 Å². The molecule has 0 amide bonds. The first-order valence-electron chi connectivity index (χ1n) is 6.49. The van der Waals surface area contributed by atoms with Gasteiger partial charge in [-0.3, -0.25) is 4.68 Å².